The standard InChI is InChI=1S/C23H36FNOSi/c1-18(2)27(19(3)4,20(5)6)26-23-13-12-21(17-22(23)24)11-10-16-25-14-8-7-9-15-25/h12-13,17-20H,7-9,14-16H2,1-6H3. The Bertz CT molecular complexity index is 647. The molecule has 0 aromatic heterocycles. The van der Waals surface area contributed by atoms with Gasteiger partial charge in [-0.1, -0.05) is 59.8 Å². The highest BCUT2D eigenvalue weighted by Gasteiger charge is 2.47. The second-order valence-corrected chi connectivity index (χ2v) is 14.1. The molecule has 0 radical (unpaired) electrons. The summed E-state index contributed by atoms with van der Waals surface area (Å²) in [7, 11) is -2.15. The first-order valence-corrected chi connectivity index (χ1v) is 12.6. The molecule has 2 nitrogen and oxygen atoms in total. The SMILES string of the molecule is CC(C)[Si](Oc1ccc(C#CCN2CCCCC2)cc1F)(C(C)C)C(C)C. The van der Waals surface area contributed by atoms with Crippen LogP contribution in [0.2, 0.25) is 16.6 Å². The van der Waals surface area contributed by atoms with Crippen LogP contribution in [0.25, 0.3) is 0 Å². The van der Waals surface area contributed by atoms with Gasteiger partial charge in [0.25, 0.3) is 8.32 Å². The van der Waals surface area contributed by atoms with Crippen LogP contribution in [0.4, 0.5) is 4.39 Å². The van der Waals surface area contributed by atoms with Gasteiger partial charge in [0, 0.05) is 5.56 Å². The van der Waals surface area contributed by atoms with E-state index in [2.05, 4.69) is 58.3 Å². The molecule has 0 aliphatic carbocycles. The van der Waals surface area contributed by atoms with Crippen molar-refractivity contribution in [3.63, 3.8) is 0 Å². The number of hydrogen-bond donors (Lipinski definition) is 0. The average Bonchev–Trinajstić information content (AvgIpc) is 2.61. The minimum Gasteiger partial charge on any atom is -0.541 e. The van der Waals surface area contributed by atoms with Gasteiger partial charge >= 0.3 is 0 Å². The van der Waals surface area contributed by atoms with E-state index >= 15 is 0 Å². The molecule has 1 aromatic rings. The van der Waals surface area contributed by atoms with Crippen molar-refractivity contribution < 1.29 is 8.82 Å². The zero-order valence-corrected chi connectivity index (χ0v) is 18.9. The molecule has 1 aliphatic heterocycles. The van der Waals surface area contributed by atoms with Crippen molar-refractivity contribution in [3.8, 4) is 17.6 Å². The van der Waals surface area contributed by atoms with Crippen LogP contribution in [-0.4, -0.2) is 32.9 Å². The lowest BCUT2D eigenvalue weighted by Crippen LogP contribution is -2.50. The zero-order chi connectivity index (χ0) is 20.0. The molecule has 150 valence electrons. The van der Waals surface area contributed by atoms with Crippen molar-refractivity contribution in [2.75, 3.05) is 19.6 Å². The third-order valence-corrected chi connectivity index (χ3v) is 11.9. The van der Waals surface area contributed by atoms with Gasteiger partial charge in [-0.25, -0.2) is 4.39 Å². The van der Waals surface area contributed by atoms with Gasteiger partial charge in [-0.05, 0) is 60.8 Å². The van der Waals surface area contributed by atoms with Crippen LogP contribution in [-0.2, 0) is 0 Å². The lowest BCUT2D eigenvalue weighted by molar-refractivity contribution is 0.255. The molecule has 0 amide bonds. The van der Waals surface area contributed by atoms with Gasteiger partial charge in [-0.2, -0.15) is 0 Å². The maximum Gasteiger partial charge on any atom is 0.258 e. The van der Waals surface area contributed by atoms with Gasteiger partial charge < -0.3 is 4.43 Å². The summed E-state index contributed by atoms with van der Waals surface area (Å²) in [6, 6.07) is 5.19. The van der Waals surface area contributed by atoms with Crippen LogP contribution in [0.15, 0.2) is 18.2 Å². The second-order valence-electron chi connectivity index (χ2n) is 8.70. The Kier molecular flexibility index (Phi) is 7.94. The number of benzene rings is 1. The van der Waals surface area contributed by atoms with Crippen molar-refractivity contribution >= 4 is 8.32 Å². The molecule has 1 saturated heterocycles. The summed E-state index contributed by atoms with van der Waals surface area (Å²) in [5.74, 6) is 6.41. The Balaban J connectivity index is 2.13. The second kappa shape index (κ2) is 9.75. The van der Waals surface area contributed by atoms with Crippen LogP contribution >= 0.6 is 0 Å². The molecule has 0 N–H and O–H groups in total. The molecular weight excluding hydrogens is 353 g/mol. The van der Waals surface area contributed by atoms with E-state index in [1.807, 2.05) is 6.07 Å². The molecule has 0 spiro atoms. The monoisotopic (exact) mass is 389 g/mol. The van der Waals surface area contributed by atoms with Crippen molar-refractivity contribution in [2.24, 2.45) is 0 Å². The first kappa shape index (κ1) is 22.0. The number of halogens is 1. The Morgan fingerprint density at radius 3 is 2.11 bits per heavy atom. The van der Waals surface area contributed by atoms with Gasteiger partial charge in [-0.15, -0.1) is 0 Å². The lowest BCUT2D eigenvalue weighted by atomic mass is 10.1. The van der Waals surface area contributed by atoms with Crippen molar-refractivity contribution in [3.05, 3.63) is 29.6 Å². The van der Waals surface area contributed by atoms with E-state index in [0.29, 0.717) is 22.4 Å². The third kappa shape index (κ3) is 5.36. The Morgan fingerprint density at radius 1 is 1.00 bits per heavy atom. The Hall–Kier alpha value is -1.31. The maximum atomic E-state index is 14.8. The van der Waals surface area contributed by atoms with E-state index in [9.17, 15) is 4.39 Å². The summed E-state index contributed by atoms with van der Waals surface area (Å²) in [6.45, 7) is 16.3. The molecule has 4 heteroatoms. The highest BCUT2D eigenvalue weighted by atomic mass is 28.4. The first-order valence-electron chi connectivity index (χ1n) is 10.5. The fraction of sp³-hybridized carbons (Fsp3) is 0.652. The summed E-state index contributed by atoms with van der Waals surface area (Å²) in [5, 5.41) is 0. The molecule has 27 heavy (non-hydrogen) atoms. The molecule has 1 heterocycles. The fourth-order valence-corrected chi connectivity index (χ4v) is 9.83. The summed E-state index contributed by atoms with van der Waals surface area (Å²) < 4.78 is 21.3. The number of likely N-dealkylation sites (tertiary alicyclic amines) is 1. The highest BCUT2D eigenvalue weighted by molar-refractivity contribution is 6.78. The smallest absolute Gasteiger partial charge is 0.258 e. The van der Waals surface area contributed by atoms with E-state index < -0.39 is 8.32 Å². The predicted molar refractivity (Wildman–Crippen MR) is 115 cm³/mol. The largest absolute Gasteiger partial charge is 0.541 e. The average molecular weight is 390 g/mol. The minimum atomic E-state index is -2.15. The number of nitrogens with zero attached hydrogens (tertiary/aromatic N) is 1. The van der Waals surface area contributed by atoms with Crippen LogP contribution < -0.4 is 4.43 Å². The Morgan fingerprint density at radius 2 is 1.59 bits per heavy atom. The molecule has 2 rings (SSSR count). The Labute approximate surface area is 166 Å². The molecule has 0 atom stereocenters. The number of hydrogen-bond acceptors (Lipinski definition) is 2. The summed E-state index contributed by atoms with van der Waals surface area (Å²) in [5.41, 5.74) is 1.98. The topological polar surface area (TPSA) is 12.5 Å². The number of rotatable bonds is 6. The third-order valence-electron chi connectivity index (χ3n) is 5.91. The molecule has 1 fully saturated rings. The first-order chi connectivity index (χ1) is 12.8. The van der Waals surface area contributed by atoms with Crippen molar-refractivity contribution in [2.45, 2.75) is 77.4 Å². The highest BCUT2D eigenvalue weighted by Crippen LogP contribution is 2.43. The molecular formula is C23H36FNOSi. The van der Waals surface area contributed by atoms with Crippen LogP contribution in [0.3, 0.4) is 0 Å². The van der Waals surface area contributed by atoms with Crippen LogP contribution in [0.1, 0.15) is 66.4 Å². The van der Waals surface area contributed by atoms with Gasteiger partial charge in [0.05, 0.1) is 6.54 Å². The van der Waals surface area contributed by atoms with E-state index in [4.69, 9.17) is 4.43 Å². The predicted octanol–water partition coefficient (Wildman–Crippen LogP) is 6.22. The van der Waals surface area contributed by atoms with Gasteiger partial charge in [-0.3, -0.25) is 4.90 Å². The van der Waals surface area contributed by atoms with E-state index in [1.165, 1.54) is 25.3 Å². The summed E-state index contributed by atoms with van der Waals surface area (Å²) >= 11 is 0. The van der Waals surface area contributed by atoms with E-state index in [-0.39, 0.29) is 5.82 Å². The maximum absolute atomic E-state index is 14.8. The minimum absolute atomic E-state index is 0.293. The quantitative estimate of drug-likeness (QED) is 0.423. The van der Waals surface area contributed by atoms with Crippen LogP contribution in [0.5, 0.6) is 5.75 Å². The molecule has 1 aliphatic rings. The lowest BCUT2D eigenvalue weighted by Gasteiger charge is -2.42. The van der Waals surface area contributed by atoms with Crippen molar-refractivity contribution in [1.82, 2.24) is 4.90 Å². The summed E-state index contributed by atoms with van der Waals surface area (Å²) in [6.07, 6.45) is 3.84. The number of piperidine rings is 1. The molecule has 1 aromatic carbocycles. The fourth-order valence-electron chi connectivity index (χ4n) is 4.58. The summed E-state index contributed by atoms with van der Waals surface area (Å²) in [4.78, 5) is 2.37. The zero-order valence-electron chi connectivity index (χ0n) is 17.9. The molecule has 0 saturated carbocycles. The van der Waals surface area contributed by atoms with E-state index in [1.54, 1.807) is 6.07 Å². The molecule has 0 bridgehead atoms. The van der Waals surface area contributed by atoms with Crippen LogP contribution in [0, 0.1) is 17.7 Å². The normalized spacial score (nSPS) is 15.9. The van der Waals surface area contributed by atoms with E-state index in [0.717, 1.165) is 25.2 Å². The van der Waals surface area contributed by atoms with Gasteiger partial charge in [0.1, 0.15) is 5.75 Å². The van der Waals surface area contributed by atoms with Gasteiger partial charge in [0.15, 0.2) is 5.82 Å². The van der Waals surface area contributed by atoms with Gasteiger partial charge in [0.2, 0.25) is 0 Å². The van der Waals surface area contributed by atoms with Crippen molar-refractivity contribution in [1.29, 1.82) is 0 Å². The molecule has 0 unspecified atom stereocenters.